The highest BCUT2D eigenvalue weighted by molar-refractivity contribution is 5.90. The maximum Gasteiger partial charge on any atom is 0.225 e. The van der Waals surface area contributed by atoms with Crippen molar-refractivity contribution >= 4 is 11.6 Å². The third kappa shape index (κ3) is 5.94. The molecule has 5 nitrogen and oxygen atoms in total. The van der Waals surface area contributed by atoms with Gasteiger partial charge in [-0.1, -0.05) is 25.5 Å². The lowest BCUT2D eigenvalue weighted by atomic mass is 10.1. The topological polar surface area (TPSA) is 72.8 Å². The molecule has 128 valence electrons. The van der Waals surface area contributed by atoms with Gasteiger partial charge in [-0.25, -0.2) is 0 Å². The summed E-state index contributed by atoms with van der Waals surface area (Å²) >= 11 is 0. The summed E-state index contributed by atoms with van der Waals surface area (Å²) in [5.74, 6) is -0.0214. The monoisotopic (exact) mass is 320 g/mol. The number of aliphatic hydroxyl groups is 2. The zero-order valence-electron chi connectivity index (χ0n) is 13.9. The van der Waals surface area contributed by atoms with Gasteiger partial charge in [-0.2, -0.15) is 0 Å². The van der Waals surface area contributed by atoms with Crippen LogP contribution in [-0.2, 0) is 11.2 Å². The molecular formula is C18H28N2O3. The number of anilines is 1. The number of unbranched alkanes of at least 4 members (excludes halogenated alkanes) is 1. The first-order valence-corrected chi connectivity index (χ1v) is 8.55. The molecule has 1 aromatic rings. The summed E-state index contributed by atoms with van der Waals surface area (Å²) in [6.07, 6.45) is 3.05. The molecule has 5 heteroatoms. The molecule has 1 heterocycles. The average molecular weight is 320 g/mol. The third-order valence-corrected chi connectivity index (χ3v) is 4.34. The number of amides is 1. The number of likely N-dealkylation sites (tertiary alicyclic amines) is 1. The highest BCUT2D eigenvalue weighted by Gasteiger charge is 2.25. The molecule has 23 heavy (non-hydrogen) atoms. The maximum absolute atomic E-state index is 12.0. The number of rotatable bonds is 7. The normalized spacial score (nSPS) is 22.0. The van der Waals surface area contributed by atoms with Gasteiger partial charge < -0.3 is 20.4 Å². The number of benzene rings is 1. The zero-order chi connectivity index (χ0) is 16.7. The molecule has 0 radical (unpaired) electrons. The van der Waals surface area contributed by atoms with Gasteiger partial charge in [-0.05, 0) is 37.0 Å². The van der Waals surface area contributed by atoms with Crippen LogP contribution in [0, 0.1) is 0 Å². The van der Waals surface area contributed by atoms with E-state index in [0.717, 1.165) is 18.7 Å². The van der Waals surface area contributed by atoms with Gasteiger partial charge in [0.2, 0.25) is 5.91 Å². The Hall–Kier alpha value is -1.43. The van der Waals surface area contributed by atoms with E-state index >= 15 is 0 Å². The quantitative estimate of drug-likeness (QED) is 0.716. The minimum atomic E-state index is -0.706. The predicted molar refractivity (Wildman–Crippen MR) is 91.4 cm³/mol. The first kappa shape index (κ1) is 17.9. The van der Waals surface area contributed by atoms with Crippen molar-refractivity contribution in [1.82, 2.24) is 4.90 Å². The fourth-order valence-electron chi connectivity index (χ4n) is 2.81. The lowest BCUT2D eigenvalue weighted by molar-refractivity contribution is -0.117. The standard InChI is InChI=1S/C18H28N2O3/c1-2-3-4-14-5-7-15(8-6-14)19-18(23)10-12-20-11-9-16(21)17(22)13-20/h5-8,16-17,21-22H,2-4,9-13H2,1H3,(H,19,23). The summed E-state index contributed by atoms with van der Waals surface area (Å²) in [5, 5.41) is 22.0. The molecule has 0 saturated carbocycles. The first-order chi connectivity index (χ1) is 11.1. The van der Waals surface area contributed by atoms with Crippen molar-refractivity contribution in [1.29, 1.82) is 0 Å². The molecule has 1 aliphatic heterocycles. The van der Waals surface area contributed by atoms with Crippen LogP contribution in [0.5, 0.6) is 0 Å². The number of hydrogen-bond acceptors (Lipinski definition) is 4. The maximum atomic E-state index is 12.0. The van der Waals surface area contributed by atoms with Gasteiger partial charge in [0.05, 0.1) is 12.2 Å². The van der Waals surface area contributed by atoms with E-state index in [-0.39, 0.29) is 5.91 Å². The SMILES string of the molecule is CCCCc1ccc(NC(=O)CCN2CCC(O)C(O)C2)cc1. The number of carbonyl (C=O) groups excluding carboxylic acids is 1. The Balaban J connectivity index is 1.72. The minimum Gasteiger partial charge on any atom is -0.390 e. The summed E-state index contributed by atoms with van der Waals surface area (Å²) in [7, 11) is 0. The number of β-amino-alcohol motifs (C(OH)–C–C–N with tert-alkyl or cyclic N) is 1. The molecule has 1 aromatic carbocycles. The number of piperidine rings is 1. The van der Waals surface area contributed by atoms with Crippen molar-refractivity contribution in [2.75, 3.05) is 25.0 Å². The molecule has 1 fully saturated rings. The Kier molecular flexibility index (Phi) is 7.02. The second-order valence-corrected chi connectivity index (χ2v) is 6.32. The van der Waals surface area contributed by atoms with Crippen LogP contribution in [-0.4, -0.2) is 52.9 Å². The number of hydrogen-bond donors (Lipinski definition) is 3. The molecule has 2 rings (SSSR count). The van der Waals surface area contributed by atoms with Crippen LogP contribution in [0.1, 0.15) is 38.2 Å². The van der Waals surface area contributed by atoms with Gasteiger partial charge in [-0.15, -0.1) is 0 Å². The van der Waals surface area contributed by atoms with E-state index < -0.39 is 12.2 Å². The number of nitrogens with one attached hydrogen (secondary N) is 1. The first-order valence-electron chi connectivity index (χ1n) is 8.55. The molecule has 0 aliphatic carbocycles. The van der Waals surface area contributed by atoms with Crippen molar-refractivity contribution in [3.8, 4) is 0 Å². The van der Waals surface area contributed by atoms with Gasteiger partial charge in [0.25, 0.3) is 0 Å². The van der Waals surface area contributed by atoms with Crippen molar-refractivity contribution < 1.29 is 15.0 Å². The second kappa shape index (κ2) is 9.01. The van der Waals surface area contributed by atoms with Crippen molar-refractivity contribution in [2.24, 2.45) is 0 Å². The van der Waals surface area contributed by atoms with Gasteiger partial charge in [0.15, 0.2) is 0 Å². The summed E-state index contributed by atoms with van der Waals surface area (Å²) < 4.78 is 0. The Morgan fingerprint density at radius 1 is 1.26 bits per heavy atom. The van der Waals surface area contributed by atoms with Crippen molar-refractivity contribution in [2.45, 2.75) is 51.2 Å². The van der Waals surface area contributed by atoms with Crippen molar-refractivity contribution in [3.05, 3.63) is 29.8 Å². The number of carbonyl (C=O) groups is 1. The van der Waals surface area contributed by atoms with E-state index in [1.54, 1.807) is 0 Å². The number of aryl methyl sites for hydroxylation is 1. The number of nitrogens with zero attached hydrogens (tertiary/aromatic N) is 1. The van der Waals surface area contributed by atoms with E-state index in [0.29, 0.717) is 25.9 Å². The van der Waals surface area contributed by atoms with E-state index in [4.69, 9.17) is 0 Å². The highest BCUT2D eigenvalue weighted by Crippen LogP contribution is 2.13. The molecule has 2 unspecified atom stereocenters. The van der Waals surface area contributed by atoms with Crippen LogP contribution in [0.3, 0.4) is 0 Å². The molecule has 1 aliphatic rings. The second-order valence-electron chi connectivity index (χ2n) is 6.32. The zero-order valence-corrected chi connectivity index (χ0v) is 13.9. The smallest absolute Gasteiger partial charge is 0.225 e. The fraction of sp³-hybridized carbons (Fsp3) is 0.611. The molecular weight excluding hydrogens is 292 g/mol. The largest absolute Gasteiger partial charge is 0.390 e. The fourth-order valence-corrected chi connectivity index (χ4v) is 2.81. The van der Waals surface area contributed by atoms with Gasteiger partial charge in [0.1, 0.15) is 0 Å². The van der Waals surface area contributed by atoms with Crippen LogP contribution in [0.15, 0.2) is 24.3 Å². The van der Waals surface area contributed by atoms with Gasteiger partial charge in [0, 0.05) is 31.7 Å². The van der Waals surface area contributed by atoms with Crippen LogP contribution in [0.2, 0.25) is 0 Å². The minimum absolute atomic E-state index is 0.0214. The Bertz CT molecular complexity index is 490. The van der Waals surface area contributed by atoms with E-state index in [1.807, 2.05) is 17.0 Å². The molecule has 3 N–H and O–H groups in total. The Morgan fingerprint density at radius 3 is 2.65 bits per heavy atom. The predicted octanol–water partition coefficient (Wildman–Crippen LogP) is 1.79. The number of aliphatic hydroxyl groups excluding tert-OH is 2. The Morgan fingerprint density at radius 2 is 2.00 bits per heavy atom. The van der Waals surface area contributed by atoms with Crippen LogP contribution in [0.4, 0.5) is 5.69 Å². The van der Waals surface area contributed by atoms with Gasteiger partial charge in [-0.3, -0.25) is 4.79 Å². The van der Waals surface area contributed by atoms with Crippen molar-refractivity contribution in [3.63, 3.8) is 0 Å². The summed E-state index contributed by atoms with van der Waals surface area (Å²) in [5.41, 5.74) is 2.12. The lowest BCUT2D eigenvalue weighted by Gasteiger charge is -2.33. The highest BCUT2D eigenvalue weighted by atomic mass is 16.3. The molecule has 0 bridgehead atoms. The Labute approximate surface area is 138 Å². The summed E-state index contributed by atoms with van der Waals surface area (Å²) in [6.45, 7) is 3.93. The molecule has 1 amide bonds. The third-order valence-electron chi connectivity index (χ3n) is 4.34. The molecule has 0 spiro atoms. The van der Waals surface area contributed by atoms with E-state index in [1.165, 1.54) is 18.4 Å². The average Bonchev–Trinajstić information content (AvgIpc) is 2.55. The molecule has 1 saturated heterocycles. The van der Waals surface area contributed by atoms with E-state index in [2.05, 4.69) is 24.4 Å². The van der Waals surface area contributed by atoms with Crippen LogP contribution < -0.4 is 5.32 Å². The van der Waals surface area contributed by atoms with E-state index in [9.17, 15) is 15.0 Å². The van der Waals surface area contributed by atoms with Crippen LogP contribution >= 0.6 is 0 Å². The summed E-state index contributed by atoms with van der Waals surface area (Å²) in [4.78, 5) is 14.0. The van der Waals surface area contributed by atoms with Crippen LogP contribution in [0.25, 0.3) is 0 Å². The lowest BCUT2D eigenvalue weighted by Crippen LogP contribution is -2.47. The molecule has 2 atom stereocenters. The molecule has 0 aromatic heterocycles. The summed E-state index contributed by atoms with van der Waals surface area (Å²) in [6, 6.07) is 8.02. The van der Waals surface area contributed by atoms with Gasteiger partial charge >= 0.3 is 0 Å².